The van der Waals surface area contributed by atoms with Gasteiger partial charge in [-0.1, -0.05) is 29.8 Å². The summed E-state index contributed by atoms with van der Waals surface area (Å²) in [6.45, 7) is 1.99. The summed E-state index contributed by atoms with van der Waals surface area (Å²) in [5.41, 5.74) is 1.77. The number of anilines is 1. The van der Waals surface area contributed by atoms with E-state index in [1.807, 2.05) is 6.92 Å². The minimum Gasteiger partial charge on any atom is -0.319 e. The van der Waals surface area contributed by atoms with E-state index in [-0.39, 0.29) is 22.7 Å². The first-order valence-electron chi connectivity index (χ1n) is 9.05. The van der Waals surface area contributed by atoms with Crippen LogP contribution in [0.5, 0.6) is 0 Å². The van der Waals surface area contributed by atoms with Gasteiger partial charge in [-0.05, 0) is 48.9 Å². The highest BCUT2D eigenvalue weighted by Gasteiger charge is 2.21. The van der Waals surface area contributed by atoms with Gasteiger partial charge < -0.3 is 5.32 Å². The molecule has 0 fully saturated rings. The monoisotopic (exact) mass is 430 g/mol. The number of nitrogens with zero attached hydrogens (tertiary/aromatic N) is 1. The number of aryl methyl sites for hydroxylation is 1. The number of amides is 1. The molecule has 0 aliphatic heterocycles. The van der Waals surface area contributed by atoms with Crippen molar-refractivity contribution in [2.45, 2.75) is 18.4 Å². The lowest BCUT2D eigenvalue weighted by atomic mass is 10.1. The SMILES string of the molecule is Cc1ccc(S(=O)(=O)N(C)Cc2ccc(C(=O)Nc3ccc(F)cc3F)cc2)cc1. The van der Waals surface area contributed by atoms with E-state index in [2.05, 4.69) is 5.32 Å². The van der Waals surface area contributed by atoms with Crippen molar-refractivity contribution >= 4 is 21.6 Å². The van der Waals surface area contributed by atoms with Crippen LogP contribution in [0.1, 0.15) is 21.5 Å². The smallest absolute Gasteiger partial charge is 0.255 e. The Morgan fingerprint density at radius 2 is 1.60 bits per heavy atom. The Balaban J connectivity index is 1.69. The van der Waals surface area contributed by atoms with Crippen LogP contribution in [0, 0.1) is 18.6 Å². The highest BCUT2D eigenvalue weighted by Crippen LogP contribution is 2.19. The van der Waals surface area contributed by atoms with E-state index in [0.29, 0.717) is 11.6 Å². The largest absolute Gasteiger partial charge is 0.319 e. The number of sulfonamides is 1. The predicted octanol–water partition coefficient (Wildman–Crippen LogP) is 4.35. The molecule has 0 aliphatic rings. The molecule has 0 saturated heterocycles. The third kappa shape index (κ3) is 4.90. The molecule has 0 heterocycles. The van der Waals surface area contributed by atoms with E-state index in [1.165, 1.54) is 23.5 Å². The molecule has 1 N–H and O–H groups in total. The van der Waals surface area contributed by atoms with Gasteiger partial charge in [0.1, 0.15) is 11.6 Å². The van der Waals surface area contributed by atoms with Crippen LogP contribution < -0.4 is 5.32 Å². The molecule has 3 aromatic rings. The minimum atomic E-state index is -3.65. The first-order valence-corrected chi connectivity index (χ1v) is 10.5. The van der Waals surface area contributed by atoms with Gasteiger partial charge in [-0.3, -0.25) is 4.79 Å². The summed E-state index contributed by atoms with van der Waals surface area (Å²) in [6, 6.07) is 15.7. The van der Waals surface area contributed by atoms with Gasteiger partial charge >= 0.3 is 0 Å². The zero-order valence-corrected chi connectivity index (χ0v) is 17.2. The number of carbonyl (C=O) groups is 1. The second-order valence-corrected chi connectivity index (χ2v) is 8.89. The maximum Gasteiger partial charge on any atom is 0.255 e. The highest BCUT2D eigenvalue weighted by molar-refractivity contribution is 7.89. The Hall–Kier alpha value is -3.10. The highest BCUT2D eigenvalue weighted by atomic mass is 32.2. The number of halogens is 2. The number of hydrogen-bond donors (Lipinski definition) is 1. The summed E-state index contributed by atoms with van der Waals surface area (Å²) in [7, 11) is -2.17. The quantitative estimate of drug-likeness (QED) is 0.632. The molecule has 0 spiro atoms. The zero-order chi connectivity index (χ0) is 21.9. The zero-order valence-electron chi connectivity index (χ0n) is 16.4. The summed E-state index contributed by atoms with van der Waals surface area (Å²) in [6.07, 6.45) is 0. The molecule has 8 heteroatoms. The molecule has 1 amide bonds. The van der Waals surface area contributed by atoms with Gasteiger partial charge in [-0.25, -0.2) is 17.2 Å². The van der Waals surface area contributed by atoms with E-state index in [4.69, 9.17) is 0 Å². The van der Waals surface area contributed by atoms with Crippen molar-refractivity contribution in [3.63, 3.8) is 0 Å². The van der Waals surface area contributed by atoms with Crippen molar-refractivity contribution in [3.8, 4) is 0 Å². The summed E-state index contributed by atoms with van der Waals surface area (Å²) >= 11 is 0. The summed E-state index contributed by atoms with van der Waals surface area (Å²) in [4.78, 5) is 12.5. The standard InChI is InChI=1S/C22H20F2N2O3S/c1-15-3-10-19(11-4-15)30(28,29)26(2)14-16-5-7-17(8-6-16)22(27)25-21-12-9-18(23)13-20(21)24/h3-13H,14H2,1-2H3,(H,25,27). The van der Waals surface area contributed by atoms with Crippen LogP contribution in [0.4, 0.5) is 14.5 Å². The van der Waals surface area contributed by atoms with Crippen LogP contribution in [-0.2, 0) is 16.6 Å². The van der Waals surface area contributed by atoms with E-state index in [9.17, 15) is 22.0 Å². The molecule has 0 radical (unpaired) electrons. The molecular weight excluding hydrogens is 410 g/mol. The number of nitrogens with one attached hydrogen (secondary N) is 1. The average Bonchev–Trinajstić information content (AvgIpc) is 2.71. The molecule has 0 bridgehead atoms. The molecule has 30 heavy (non-hydrogen) atoms. The van der Waals surface area contributed by atoms with Gasteiger partial charge in [0, 0.05) is 25.2 Å². The Morgan fingerprint density at radius 3 is 2.20 bits per heavy atom. The maximum atomic E-state index is 13.7. The second-order valence-electron chi connectivity index (χ2n) is 6.85. The molecule has 3 rings (SSSR count). The van der Waals surface area contributed by atoms with Crippen molar-refractivity contribution < 1.29 is 22.0 Å². The summed E-state index contributed by atoms with van der Waals surface area (Å²) in [5, 5.41) is 2.38. The lowest BCUT2D eigenvalue weighted by Gasteiger charge is -2.17. The van der Waals surface area contributed by atoms with E-state index in [0.717, 1.165) is 17.7 Å². The van der Waals surface area contributed by atoms with Gasteiger partial charge in [-0.2, -0.15) is 4.31 Å². The fourth-order valence-corrected chi connectivity index (χ4v) is 3.94. The summed E-state index contributed by atoms with van der Waals surface area (Å²) < 4.78 is 53.2. The molecule has 0 saturated carbocycles. The van der Waals surface area contributed by atoms with Crippen LogP contribution in [0.15, 0.2) is 71.6 Å². The number of rotatable bonds is 6. The fourth-order valence-electron chi connectivity index (χ4n) is 2.78. The third-order valence-electron chi connectivity index (χ3n) is 4.53. The first kappa shape index (κ1) is 21.6. The lowest BCUT2D eigenvalue weighted by molar-refractivity contribution is 0.102. The van der Waals surface area contributed by atoms with Crippen molar-refractivity contribution in [1.82, 2.24) is 4.31 Å². The molecule has 3 aromatic carbocycles. The van der Waals surface area contributed by atoms with Crippen LogP contribution in [-0.4, -0.2) is 25.7 Å². The Kier molecular flexibility index (Phi) is 6.28. The average molecular weight is 430 g/mol. The minimum absolute atomic E-state index is 0.116. The first-order chi connectivity index (χ1) is 14.2. The van der Waals surface area contributed by atoms with Gasteiger partial charge in [0.15, 0.2) is 0 Å². The number of carbonyl (C=O) groups excluding carboxylic acids is 1. The summed E-state index contributed by atoms with van der Waals surface area (Å²) in [5.74, 6) is -2.17. The van der Waals surface area contributed by atoms with Crippen LogP contribution >= 0.6 is 0 Å². The molecule has 5 nitrogen and oxygen atoms in total. The molecule has 0 aliphatic carbocycles. The van der Waals surface area contributed by atoms with Crippen LogP contribution in [0.2, 0.25) is 0 Å². The topological polar surface area (TPSA) is 66.5 Å². The maximum absolute atomic E-state index is 13.7. The van der Waals surface area contributed by atoms with Gasteiger partial charge in [-0.15, -0.1) is 0 Å². The van der Waals surface area contributed by atoms with Crippen LogP contribution in [0.3, 0.4) is 0 Å². The molecule has 0 atom stereocenters. The van der Waals surface area contributed by atoms with Crippen molar-refractivity contribution in [2.75, 3.05) is 12.4 Å². The van der Waals surface area contributed by atoms with Crippen molar-refractivity contribution in [3.05, 3.63) is 95.1 Å². The van der Waals surface area contributed by atoms with E-state index >= 15 is 0 Å². The fraction of sp³-hybridized carbons (Fsp3) is 0.136. The van der Waals surface area contributed by atoms with Crippen LogP contribution in [0.25, 0.3) is 0 Å². The van der Waals surface area contributed by atoms with E-state index in [1.54, 1.807) is 36.4 Å². The van der Waals surface area contributed by atoms with Crippen molar-refractivity contribution in [1.29, 1.82) is 0 Å². The predicted molar refractivity (Wildman–Crippen MR) is 111 cm³/mol. The number of benzene rings is 3. The lowest BCUT2D eigenvalue weighted by Crippen LogP contribution is -2.26. The molecule has 156 valence electrons. The molecular formula is C22H20F2N2O3S. The van der Waals surface area contributed by atoms with E-state index < -0.39 is 27.6 Å². The van der Waals surface area contributed by atoms with Crippen molar-refractivity contribution in [2.24, 2.45) is 0 Å². The second kappa shape index (κ2) is 8.73. The Morgan fingerprint density at radius 1 is 0.967 bits per heavy atom. The Bertz CT molecular complexity index is 1160. The molecule has 0 unspecified atom stereocenters. The third-order valence-corrected chi connectivity index (χ3v) is 6.35. The Labute approximate surface area is 174 Å². The van der Waals surface area contributed by atoms with Gasteiger partial charge in [0.2, 0.25) is 10.0 Å². The molecule has 0 aromatic heterocycles. The van der Waals surface area contributed by atoms with Gasteiger partial charge in [0.05, 0.1) is 10.6 Å². The normalized spacial score (nSPS) is 11.5. The number of hydrogen-bond acceptors (Lipinski definition) is 3. The van der Waals surface area contributed by atoms with Gasteiger partial charge in [0.25, 0.3) is 5.91 Å².